The lowest BCUT2D eigenvalue weighted by Gasteiger charge is -2.03. The molecule has 1 heteroatoms. The van der Waals surface area contributed by atoms with Crippen molar-refractivity contribution < 1.29 is 4.39 Å². The molecule has 0 unspecified atom stereocenters. The van der Waals surface area contributed by atoms with Crippen LogP contribution in [-0.4, -0.2) is 6.67 Å². The molecule has 12 heavy (non-hydrogen) atoms. The van der Waals surface area contributed by atoms with Gasteiger partial charge in [0.15, 0.2) is 0 Å². The summed E-state index contributed by atoms with van der Waals surface area (Å²) in [5, 5.41) is 0. The molecule has 0 atom stereocenters. The zero-order chi connectivity index (χ0) is 9.23. The van der Waals surface area contributed by atoms with Crippen molar-refractivity contribution in [1.29, 1.82) is 0 Å². The predicted octanol–water partition coefficient (Wildman–Crippen LogP) is 4.34. The van der Waals surface area contributed by atoms with Crippen molar-refractivity contribution in [2.75, 3.05) is 6.67 Å². The second-order valence-corrected chi connectivity index (χ2v) is 3.99. The molecule has 0 aromatic rings. The molecule has 0 nitrogen and oxygen atoms in total. The second kappa shape index (κ2) is 9.02. The largest absolute Gasteiger partial charge is 0.251 e. The summed E-state index contributed by atoms with van der Waals surface area (Å²) in [4.78, 5) is 0. The van der Waals surface area contributed by atoms with E-state index in [9.17, 15) is 4.39 Å². The van der Waals surface area contributed by atoms with Gasteiger partial charge in [0.2, 0.25) is 0 Å². The monoisotopic (exact) mass is 174 g/mol. The first-order valence-corrected chi connectivity index (χ1v) is 5.33. The van der Waals surface area contributed by atoms with E-state index in [-0.39, 0.29) is 6.67 Å². The highest BCUT2D eigenvalue weighted by Gasteiger charge is 1.94. The van der Waals surface area contributed by atoms with Crippen molar-refractivity contribution in [3.8, 4) is 0 Å². The third-order valence-electron chi connectivity index (χ3n) is 2.17. The summed E-state index contributed by atoms with van der Waals surface area (Å²) in [5.74, 6) is 0.843. The van der Waals surface area contributed by atoms with Crippen LogP contribution in [0.1, 0.15) is 58.8 Å². The van der Waals surface area contributed by atoms with Crippen molar-refractivity contribution in [2.24, 2.45) is 5.92 Å². The molecule has 0 saturated carbocycles. The van der Waals surface area contributed by atoms with Crippen LogP contribution in [0.4, 0.5) is 4.39 Å². The van der Waals surface area contributed by atoms with E-state index in [2.05, 4.69) is 13.8 Å². The highest BCUT2D eigenvalue weighted by molar-refractivity contribution is 4.48. The van der Waals surface area contributed by atoms with Gasteiger partial charge in [0.25, 0.3) is 0 Å². The highest BCUT2D eigenvalue weighted by Crippen LogP contribution is 2.11. The molecule has 74 valence electrons. The average Bonchev–Trinajstić information content (AvgIpc) is 2.02. The molecule has 0 saturated heterocycles. The van der Waals surface area contributed by atoms with Crippen LogP contribution < -0.4 is 0 Å². The van der Waals surface area contributed by atoms with Gasteiger partial charge in [-0.3, -0.25) is 4.39 Å². The maximum Gasteiger partial charge on any atom is 0.0894 e. The summed E-state index contributed by atoms with van der Waals surface area (Å²) < 4.78 is 11.7. The summed E-state index contributed by atoms with van der Waals surface area (Å²) in [6, 6.07) is 0. The maximum atomic E-state index is 11.7. The van der Waals surface area contributed by atoms with Gasteiger partial charge in [0.1, 0.15) is 0 Å². The van der Waals surface area contributed by atoms with Gasteiger partial charge in [0, 0.05) is 0 Å². The van der Waals surface area contributed by atoms with Gasteiger partial charge in [-0.25, -0.2) is 0 Å². The molecule has 0 amide bonds. The number of unbranched alkanes of at least 4 members (excludes halogenated alkanes) is 5. The Morgan fingerprint density at radius 1 is 0.833 bits per heavy atom. The molecule has 0 radical (unpaired) electrons. The van der Waals surface area contributed by atoms with Crippen molar-refractivity contribution in [3.63, 3.8) is 0 Å². The van der Waals surface area contributed by atoms with Gasteiger partial charge < -0.3 is 0 Å². The third kappa shape index (κ3) is 9.93. The van der Waals surface area contributed by atoms with E-state index in [1.54, 1.807) is 0 Å². The Morgan fingerprint density at radius 3 is 1.83 bits per heavy atom. The fourth-order valence-electron chi connectivity index (χ4n) is 1.35. The quantitative estimate of drug-likeness (QED) is 0.480. The topological polar surface area (TPSA) is 0 Å². The van der Waals surface area contributed by atoms with Crippen molar-refractivity contribution >= 4 is 0 Å². The van der Waals surface area contributed by atoms with Crippen LogP contribution in [0, 0.1) is 5.92 Å². The summed E-state index contributed by atoms with van der Waals surface area (Å²) in [7, 11) is 0. The van der Waals surface area contributed by atoms with E-state index >= 15 is 0 Å². The SMILES string of the molecule is CC(C)CCCCCCCCF. The van der Waals surface area contributed by atoms with E-state index in [0.717, 1.165) is 18.8 Å². The van der Waals surface area contributed by atoms with Gasteiger partial charge in [-0.1, -0.05) is 52.4 Å². The molecule has 0 spiro atoms. The molecule has 0 aromatic heterocycles. The van der Waals surface area contributed by atoms with Crippen molar-refractivity contribution in [1.82, 2.24) is 0 Å². The lowest BCUT2D eigenvalue weighted by Crippen LogP contribution is -1.87. The molecule has 0 rings (SSSR count). The summed E-state index contributed by atoms with van der Waals surface area (Å²) in [6.45, 7) is 4.40. The minimum Gasteiger partial charge on any atom is -0.251 e. The molecule has 0 aliphatic heterocycles. The van der Waals surface area contributed by atoms with Crippen LogP contribution in [0.25, 0.3) is 0 Å². The first-order chi connectivity index (χ1) is 5.77. The lowest BCUT2D eigenvalue weighted by atomic mass is 10.0. The second-order valence-electron chi connectivity index (χ2n) is 3.99. The highest BCUT2D eigenvalue weighted by atomic mass is 19.1. The average molecular weight is 174 g/mol. The van der Waals surface area contributed by atoms with Crippen LogP contribution in [0.5, 0.6) is 0 Å². The first kappa shape index (κ1) is 11.9. The van der Waals surface area contributed by atoms with Gasteiger partial charge in [-0.2, -0.15) is 0 Å². The lowest BCUT2D eigenvalue weighted by molar-refractivity contribution is 0.446. The Bertz CT molecular complexity index is 79.1. The van der Waals surface area contributed by atoms with Gasteiger partial charge in [0.05, 0.1) is 6.67 Å². The number of rotatable bonds is 8. The molecular formula is C11H23F. The molecule has 0 aliphatic carbocycles. The molecule has 0 fully saturated rings. The molecular weight excluding hydrogens is 151 g/mol. The van der Waals surface area contributed by atoms with Crippen LogP contribution in [0.3, 0.4) is 0 Å². The molecule has 0 N–H and O–H groups in total. The van der Waals surface area contributed by atoms with E-state index in [4.69, 9.17) is 0 Å². The number of halogens is 1. The molecule has 0 heterocycles. The Balaban J connectivity index is 2.82. The summed E-state index contributed by atoms with van der Waals surface area (Å²) in [5.41, 5.74) is 0. The normalized spacial score (nSPS) is 11.0. The zero-order valence-corrected chi connectivity index (χ0v) is 8.61. The fourth-order valence-corrected chi connectivity index (χ4v) is 1.35. The molecule has 0 bridgehead atoms. The van der Waals surface area contributed by atoms with Crippen molar-refractivity contribution in [2.45, 2.75) is 58.8 Å². The predicted molar refractivity (Wildman–Crippen MR) is 53.1 cm³/mol. The molecule has 0 aliphatic rings. The Kier molecular flexibility index (Phi) is 8.97. The number of hydrogen-bond donors (Lipinski definition) is 0. The standard InChI is InChI=1S/C11H23F/c1-11(2)9-7-5-3-4-6-8-10-12/h11H,3-10H2,1-2H3. The van der Waals surface area contributed by atoms with Gasteiger partial charge in [-0.15, -0.1) is 0 Å². The zero-order valence-electron chi connectivity index (χ0n) is 8.61. The minimum atomic E-state index is -0.133. The van der Waals surface area contributed by atoms with Crippen LogP contribution in [0.2, 0.25) is 0 Å². The summed E-state index contributed by atoms with van der Waals surface area (Å²) in [6.07, 6.45) is 8.41. The van der Waals surface area contributed by atoms with Crippen LogP contribution in [-0.2, 0) is 0 Å². The van der Waals surface area contributed by atoms with Gasteiger partial charge in [-0.05, 0) is 12.3 Å². The van der Waals surface area contributed by atoms with Crippen molar-refractivity contribution in [3.05, 3.63) is 0 Å². The Labute approximate surface area is 76.6 Å². The van der Waals surface area contributed by atoms with E-state index in [0.29, 0.717) is 0 Å². The van der Waals surface area contributed by atoms with Crippen LogP contribution in [0.15, 0.2) is 0 Å². The molecule has 0 aromatic carbocycles. The van der Waals surface area contributed by atoms with E-state index in [1.165, 1.54) is 32.1 Å². The third-order valence-corrected chi connectivity index (χ3v) is 2.17. The minimum absolute atomic E-state index is 0.133. The first-order valence-electron chi connectivity index (χ1n) is 5.33. The Hall–Kier alpha value is -0.0700. The van der Waals surface area contributed by atoms with Gasteiger partial charge >= 0.3 is 0 Å². The van der Waals surface area contributed by atoms with Crippen LogP contribution >= 0.6 is 0 Å². The number of hydrogen-bond acceptors (Lipinski definition) is 0. The van der Waals surface area contributed by atoms with E-state index in [1.807, 2.05) is 0 Å². The maximum absolute atomic E-state index is 11.7. The fraction of sp³-hybridized carbons (Fsp3) is 1.00. The smallest absolute Gasteiger partial charge is 0.0894 e. The Morgan fingerprint density at radius 2 is 1.33 bits per heavy atom. The van der Waals surface area contributed by atoms with E-state index < -0.39 is 0 Å². The summed E-state index contributed by atoms with van der Waals surface area (Å²) >= 11 is 0. The number of alkyl halides is 1.